The number of hydrogen-bond donors (Lipinski definition) is 4. The minimum Gasteiger partial charge on any atom is -0.391 e. The van der Waals surface area contributed by atoms with Crippen molar-refractivity contribution in [2.45, 2.75) is 17.5 Å². The molecule has 2 aromatic heterocycles. The Balaban J connectivity index is 1.49. The van der Waals surface area contributed by atoms with E-state index in [4.69, 9.17) is 0 Å². The van der Waals surface area contributed by atoms with Crippen LogP contribution in [-0.4, -0.2) is 38.5 Å². The first-order valence-electron chi connectivity index (χ1n) is 7.34. The Kier molecular flexibility index (Phi) is 5.12. The summed E-state index contributed by atoms with van der Waals surface area (Å²) in [6, 6.07) is 10.00. The molecule has 6 nitrogen and oxygen atoms in total. The van der Waals surface area contributed by atoms with Gasteiger partial charge in [-0.25, -0.2) is 4.98 Å². The first-order valence-corrected chi connectivity index (χ1v) is 8.33. The maximum Gasteiger partial charge on any atom is 0.275 e. The lowest BCUT2D eigenvalue weighted by atomic mass is 10.3. The molecule has 3 rings (SSSR count). The van der Waals surface area contributed by atoms with Crippen molar-refractivity contribution in [3.05, 3.63) is 58.8 Å². The number of H-pyrrole nitrogens is 2. The van der Waals surface area contributed by atoms with Gasteiger partial charge in [-0.15, -0.1) is 11.8 Å². The van der Waals surface area contributed by atoms with Crippen LogP contribution in [0.2, 0.25) is 0 Å². The number of aliphatic hydroxyl groups excluding tert-OH is 1. The van der Waals surface area contributed by atoms with Gasteiger partial charge in [0.25, 0.3) is 5.56 Å². The molecule has 0 fully saturated rings. The van der Waals surface area contributed by atoms with Gasteiger partial charge in [0.05, 0.1) is 17.9 Å². The molecule has 2 heterocycles. The minimum atomic E-state index is -0.443. The molecule has 1 atom stereocenters. The highest BCUT2D eigenvalue weighted by Gasteiger charge is 2.09. The summed E-state index contributed by atoms with van der Waals surface area (Å²) in [4.78, 5) is 22.4. The molecule has 0 aliphatic rings. The van der Waals surface area contributed by atoms with E-state index in [0.717, 1.165) is 10.5 Å². The highest BCUT2D eigenvalue weighted by molar-refractivity contribution is 7.99. The van der Waals surface area contributed by atoms with Crippen LogP contribution in [0, 0.1) is 0 Å². The third kappa shape index (κ3) is 4.01. The fourth-order valence-electron chi connectivity index (χ4n) is 2.28. The van der Waals surface area contributed by atoms with Crippen molar-refractivity contribution in [2.75, 3.05) is 12.3 Å². The van der Waals surface area contributed by atoms with Crippen molar-refractivity contribution in [3.63, 3.8) is 0 Å². The van der Waals surface area contributed by atoms with Crippen LogP contribution in [0.15, 0.2) is 52.5 Å². The summed E-state index contributed by atoms with van der Waals surface area (Å²) in [7, 11) is 0. The second-order valence-corrected chi connectivity index (χ2v) is 6.27. The average Bonchev–Trinajstić information content (AvgIpc) is 2.99. The van der Waals surface area contributed by atoms with Crippen molar-refractivity contribution < 1.29 is 5.11 Å². The van der Waals surface area contributed by atoms with Crippen molar-refractivity contribution in [1.29, 1.82) is 0 Å². The van der Waals surface area contributed by atoms with Gasteiger partial charge in [0.15, 0.2) is 0 Å². The molecule has 1 aromatic carbocycles. The van der Waals surface area contributed by atoms with Crippen molar-refractivity contribution >= 4 is 22.8 Å². The van der Waals surface area contributed by atoms with Gasteiger partial charge in [-0.2, -0.15) is 0 Å². The van der Waals surface area contributed by atoms with E-state index >= 15 is 0 Å². The zero-order valence-corrected chi connectivity index (χ0v) is 13.3. The van der Waals surface area contributed by atoms with Gasteiger partial charge in [-0.1, -0.05) is 18.2 Å². The first kappa shape index (κ1) is 15.8. The van der Waals surface area contributed by atoms with Crippen LogP contribution >= 0.6 is 11.8 Å². The molecule has 0 radical (unpaired) electrons. The maximum atomic E-state index is 11.6. The summed E-state index contributed by atoms with van der Waals surface area (Å²) in [5.41, 5.74) is 1.87. The van der Waals surface area contributed by atoms with Gasteiger partial charge < -0.3 is 20.4 Å². The Morgan fingerprint density at radius 3 is 2.91 bits per heavy atom. The normalized spacial score (nSPS) is 12.6. The van der Waals surface area contributed by atoms with E-state index in [-0.39, 0.29) is 5.56 Å². The summed E-state index contributed by atoms with van der Waals surface area (Å²) >= 11 is 1.63. The fraction of sp³-hybridized carbons (Fsp3) is 0.250. The van der Waals surface area contributed by atoms with E-state index in [0.29, 0.717) is 29.9 Å². The monoisotopic (exact) mass is 330 g/mol. The first-order chi connectivity index (χ1) is 11.2. The Morgan fingerprint density at radius 2 is 2.09 bits per heavy atom. The lowest BCUT2D eigenvalue weighted by Crippen LogP contribution is -2.28. The second-order valence-electron chi connectivity index (χ2n) is 5.18. The molecular weight excluding hydrogens is 312 g/mol. The molecule has 4 N–H and O–H groups in total. The predicted molar refractivity (Wildman–Crippen MR) is 91.6 cm³/mol. The van der Waals surface area contributed by atoms with Gasteiger partial charge in [0.2, 0.25) is 0 Å². The van der Waals surface area contributed by atoms with Crippen LogP contribution in [-0.2, 0) is 6.54 Å². The number of nitrogens with zero attached hydrogens (tertiary/aromatic N) is 1. The highest BCUT2D eigenvalue weighted by atomic mass is 32.2. The third-order valence-electron chi connectivity index (χ3n) is 3.43. The molecule has 23 heavy (non-hydrogen) atoms. The molecule has 0 saturated heterocycles. The second kappa shape index (κ2) is 7.45. The molecular formula is C16H18N4O2S. The van der Waals surface area contributed by atoms with Crippen LogP contribution in [0.3, 0.4) is 0 Å². The number of aromatic amines is 2. The Labute approximate surface area is 137 Å². The van der Waals surface area contributed by atoms with Gasteiger partial charge in [-0.3, -0.25) is 4.79 Å². The molecule has 0 amide bonds. The molecule has 0 aliphatic heterocycles. The number of aliphatic hydroxyl groups is 1. The van der Waals surface area contributed by atoms with Crippen molar-refractivity contribution in [3.8, 4) is 0 Å². The highest BCUT2D eigenvalue weighted by Crippen LogP contribution is 2.17. The number of benzene rings is 1. The number of thioether (sulfide) groups is 1. The summed E-state index contributed by atoms with van der Waals surface area (Å²) in [5.74, 6) is 0.628. The summed E-state index contributed by atoms with van der Waals surface area (Å²) in [5, 5.41) is 13.2. The smallest absolute Gasteiger partial charge is 0.275 e. The largest absolute Gasteiger partial charge is 0.391 e. The quantitative estimate of drug-likeness (QED) is 0.493. The van der Waals surface area contributed by atoms with E-state index in [9.17, 15) is 9.90 Å². The van der Waals surface area contributed by atoms with Crippen molar-refractivity contribution in [1.82, 2.24) is 20.3 Å². The molecule has 0 spiro atoms. The Bertz CT molecular complexity index is 816. The number of hydrogen-bond acceptors (Lipinski definition) is 5. The number of rotatable bonds is 7. The number of aromatic nitrogens is 3. The zero-order chi connectivity index (χ0) is 16.1. The van der Waals surface area contributed by atoms with E-state index in [2.05, 4.69) is 20.3 Å². The Morgan fingerprint density at radius 1 is 1.26 bits per heavy atom. The molecule has 120 valence electrons. The standard InChI is InChI=1S/C16H18N4O2S/c21-12(9-23-13-4-2-1-3-5-13)8-17-6-11-7-18-15-14(11)19-10-20-16(15)22/h1-5,7,10,12,17-18,21H,6,8-9H2,(H,19,20,22). The fourth-order valence-corrected chi connectivity index (χ4v) is 3.13. The third-order valence-corrected chi connectivity index (χ3v) is 4.59. The van der Waals surface area contributed by atoms with E-state index in [1.807, 2.05) is 30.3 Å². The predicted octanol–water partition coefficient (Wildman–Crippen LogP) is 1.49. The van der Waals surface area contributed by atoms with Crippen LogP contribution in [0.25, 0.3) is 11.0 Å². The summed E-state index contributed by atoms with van der Waals surface area (Å²) in [6.45, 7) is 1.03. The van der Waals surface area contributed by atoms with Gasteiger partial charge in [0, 0.05) is 35.5 Å². The maximum absolute atomic E-state index is 11.6. The van der Waals surface area contributed by atoms with Crippen LogP contribution < -0.4 is 10.9 Å². The van der Waals surface area contributed by atoms with E-state index in [1.165, 1.54) is 6.33 Å². The van der Waals surface area contributed by atoms with Gasteiger partial charge in [-0.05, 0) is 12.1 Å². The minimum absolute atomic E-state index is 0.180. The summed E-state index contributed by atoms with van der Waals surface area (Å²) in [6.07, 6.45) is 2.72. The van der Waals surface area contributed by atoms with Crippen LogP contribution in [0.5, 0.6) is 0 Å². The molecule has 7 heteroatoms. The average molecular weight is 330 g/mol. The molecule has 0 aliphatic carbocycles. The lowest BCUT2D eigenvalue weighted by molar-refractivity contribution is 0.195. The van der Waals surface area contributed by atoms with Crippen LogP contribution in [0.4, 0.5) is 0 Å². The summed E-state index contributed by atoms with van der Waals surface area (Å²) < 4.78 is 0. The van der Waals surface area contributed by atoms with Crippen LogP contribution in [0.1, 0.15) is 5.56 Å². The SMILES string of the molecule is O=c1[nH]cnc2c(CNCC(O)CSc3ccccc3)c[nH]c12. The van der Waals surface area contributed by atoms with Gasteiger partial charge in [0.1, 0.15) is 5.52 Å². The number of fused-ring (bicyclic) bond motifs is 1. The Hall–Kier alpha value is -2.09. The molecule has 3 aromatic rings. The molecule has 1 unspecified atom stereocenters. The van der Waals surface area contributed by atoms with Gasteiger partial charge >= 0.3 is 0 Å². The van der Waals surface area contributed by atoms with Crippen molar-refractivity contribution in [2.24, 2.45) is 0 Å². The zero-order valence-electron chi connectivity index (χ0n) is 12.5. The molecule has 0 bridgehead atoms. The van der Waals surface area contributed by atoms with E-state index < -0.39 is 6.10 Å². The van der Waals surface area contributed by atoms with E-state index in [1.54, 1.807) is 18.0 Å². The topological polar surface area (TPSA) is 93.8 Å². The number of nitrogens with one attached hydrogen (secondary N) is 3. The lowest BCUT2D eigenvalue weighted by Gasteiger charge is -2.11. The molecule has 0 saturated carbocycles.